The summed E-state index contributed by atoms with van der Waals surface area (Å²) in [4.78, 5) is 24.5. The van der Waals surface area contributed by atoms with E-state index in [1.165, 1.54) is 19.3 Å². The van der Waals surface area contributed by atoms with Crippen molar-refractivity contribution in [1.82, 2.24) is 16.2 Å². The van der Waals surface area contributed by atoms with Crippen molar-refractivity contribution in [3.8, 4) is 5.75 Å². The zero-order valence-electron chi connectivity index (χ0n) is 16.4. The highest BCUT2D eigenvalue weighted by Gasteiger charge is 2.51. The maximum Gasteiger partial charge on any atom is 0.333 e. The molecule has 29 heavy (non-hydrogen) atoms. The Bertz CT molecular complexity index is 901. The van der Waals surface area contributed by atoms with Gasteiger partial charge in [0.05, 0.1) is 0 Å². The van der Waals surface area contributed by atoms with E-state index in [1.54, 1.807) is 0 Å². The lowest BCUT2D eigenvalue weighted by molar-refractivity contribution is -0.123. The van der Waals surface area contributed by atoms with Crippen LogP contribution in [0.2, 0.25) is 0 Å². The first-order valence-electron chi connectivity index (χ1n) is 10.6. The summed E-state index contributed by atoms with van der Waals surface area (Å²) in [5, 5.41) is 5.18. The number of hydrazine groups is 1. The molecule has 2 aromatic rings. The van der Waals surface area contributed by atoms with Gasteiger partial charge in [0.2, 0.25) is 0 Å². The van der Waals surface area contributed by atoms with Crippen LogP contribution in [-0.4, -0.2) is 24.1 Å². The van der Waals surface area contributed by atoms with Gasteiger partial charge in [-0.05, 0) is 67.7 Å². The molecule has 4 aliphatic rings. The molecule has 0 aromatic heterocycles. The van der Waals surface area contributed by atoms with E-state index >= 15 is 0 Å². The SMILES string of the molecule is O=C(COc1cccc2ccccc12)NNC(=O)NC12CC3CC(CC(C3)C1)C2. The highest BCUT2D eigenvalue weighted by molar-refractivity contribution is 5.89. The maximum atomic E-state index is 12.4. The highest BCUT2D eigenvalue weighted by atomic mass is 16.5. The van der Waals surface area contributed by atoms with Crippen LogP contribution in [0.1, 0.15) is 38.5 Å². The predicted octanol–water partition coefficient (Wildman–Crippen LogP) is 3.52. The Balaban J connectivity index is 1.12. The van der Waals surface area contributed by atoms with Crippen LogP contribution in [0.5, 0.6) is 5.75 Å². The molecule has 0 spiro atoms. The molecular formula is C23H27N3O3. The first-order chi connectivity index (χ1) is 14.1. The van der Waals surface area contributed by atoms with Crippen molar-refractivity contribution in [1.29, 1.82) is 0 Å². The van der Waals surface area contributed by atoms with Crippen molar-refractivity contribution in [3.05, 3.63) is 42.5 Å². The maximum absolute atomic E-state index is 12.4. The second-order valence-corrected chi connectivity index (χ2v) is 9.09. The molecule has 4 saturated carbocycles. The van der Waals surface area contributed by atoms with Crippen LogP contribution in [0.3, 0.4) is 0 Å². The van der Waals surface area contributed by atoms with Crippen molar-refractivity contribution < 1.29 is 14.3 Å². The number of fused-ring (bicyclic) bond motifs is 1. The minimum absolute atomic E-state index is 0.0803. The van der Waals surface area contributed by atoms with E-state index < -0.39 is 5.91 Å². The fourth-order valence-corrected chi connectivity index (χ4v) is 6.16. The third kappa shape index (κ3) is 3.76. The summed E-state index contributed by atoms with van der Waals surface area (Å²) in [5.41, 5.74) is 4.88. The molecule has 0 radical (unpaired) electrons. The van der Waals surface area contributed by atoms with Crippen LogP contribution >= 0.6 is 0 Å². The smallest absolute Gasteiger partial charge is 0.333 e. The Kier molecular flexibility index (Phi) is 4.57. The minimum Gasteiger partial charge on any atom is -0.483 e. The lowest BCUT2D eigenvalue weighted by Crippen LogP contribution is -2.63. The summed E-state index contributed by atoms with van der Waals surface area (Å²) >= 11 is 0. The molecule has 3 amide bonds. The summed E-state index contributed by atoms with van der Waals surface area (Å²) in [6, 6.07) is 13.3. The van der Waals surface area contributed by atoms with Gasteiger partial charge in [0, 0.05) is 10.9 Å². The van der Waals surface area contributed by atoms with Crippen LogP contribution in [0.25, 0.3) is 10.8 Å². The Morgan fingerprint density at radius 1 is 0.897 bits per heavy atom. The van der Waals surface area contributed by atoms with E-state index in [-0.39, 0.29) is 18.2 Å². The van der Waals surface area contributed by atoms with E-state index in [4.69, 9.17) is 4.74 Å². The summed E-state index contributed by atoms with van der Waals surface area (Å²) in [5.74, 6) is 2.52. The van der Waals surface area contributed by atoms with Gasteiger partial charge in [0.25, 0.3) is 5.91 Å². The Labute approximate surface area is 170 Å². The van der Waals surface area contributed by atoms with Gasteiger partial charge in [-0.3, -0.25) is 10.2 Å². The molecule has 4 fully saturated rings. The summed E-state index contributed by atoms with van der Waals surface area (Å²) in [6.45, 7) is -0.161. The van der Waals surface area contributed by atoms with E-state index in [1.807, 2.05) is 42.5 Å². The Morgan fingerprint density at radius 3 is 2.28 bits per heavy atom. The van der Waals surface area contributed by atoms with Crippen molar-refractivity contribution in [3.63, 3.8) is 0 Å². The summed E-state index contributed by atoms with van der Waals surface area (Å²) in [6.07, 6.45) is 7.19. The molecule has 0 unspecified atom stereocenters. The zero-order chi connectivity index (χ0) is 19.8. The summed E-state index contributed by atoms with van der Waals surface area (Å²) < 4.78 is 5.66. The normalized spacial score (nSPS) is 29.4. The Hall–Kier alpha value is -2.76. The van der Waals surface area contributed by atoms with E-state index in [0.717, 1.165) is 47.8 Å². The fraction of sp³-hybridized carbons (Fsp3) is 0.478. The van der Waals surface area contributed by atoms with Crippen molar-refractivity contribution >= 4 is 22.7 Å². The monoisotopic (exact) mass is 393 g/mol. The molecule has 0 heterocycles. The Morgan fingerprint density at radius 2 is 1.55 bits per heavy atom. The largest absolute Gasteiger partial charge is 0.483 e. The van der Waals surface area contributed by atoms with E-state index in [0.29, 0.717) is 5.75 Å². The van der Waals surface area contributed by atoms with Crippen LogP contribution < -0.4 is 20.9 Å². The van der Waals surface area contributed by atoms with Gasteiger partial charge in [-0.25, -0.2) is 10.2 Å². The number of hydrogen-bond acceptors (Lipinski definition) is 3. The van der Waals surface area contributed by atoms with Gasteiger partial charge < -0.3 is 10.1 Å². The molecule has 2 aromatic carbocycles. The average molecular weight is 393 g/mol. The topological polar surface area (TPSA) is 79.5 Å². The number of ether oxygens (including phenoxy) is 1. The van der Waals surface area contributed by atoms with Gasteiger partial charge in [-0.15, -0.1) is 0 Å². The van der Waals surface area contributed by atoms with Gasteiger partial charge >= 0.3 is 6.03 Å². The molecule has 152 valence electrons. The second-order valence-electron chi connectivity index (χ2n) is 9.09. The quantitative estimate of drug-likeness (QED) is 0.696. The molecule has 0 saturated heterocycles. The third-order valence-corrected chi connectivity index (χ3v) is 6.84. The minimum atomic E-state index is -0.390. The predicted molar refractivity (Wildman–Crippen MR) is 110 cm³/mol. The van der Waals surface area contributed by atoms with E-state index in [9.17, 15) is 9.59 Å². The van der Waals surface area contributed by atoms with Crippen LogP contribution in [0.4, 0.5) is 4.79 Å². The van der Waals surface area contributed by atoms with Gasteiger partial charge in [-0.1, -0.05) is 36.4 Å². The molecule has 3 N–H and O–H groups in total. The zero-order valence-corrected chi connectivity index (χ0v) is 16.4. The van der Waals surface area contributed by atoms with Crippen molar-refractivity contribution in [2.75, 3.05) is 6.61 Å². The molecule has 0 aliphatic heterocycles. The molecule has 6 nitrogen and oxygen atoms in total. The standard InChI is InChI=1S/C23H27N3O3/c27-21(14-29-20-7-3-5-18-4-1-2-6-19(18)20)25-26-22(28)24-23-11-15-8-16(12-23)10-17(9-15)13-23/h1-7,15-17H,8-14H2,(H,25,27)(H2,24,26,28). The van der Waals surface area contributed by atoms with Crippen molar-refractivity contribution in [2.24, 2.45) is 17.8 Å². The molecule has 4 aliphatic carbocycles. The highest BCUT2D eigenvalue weighted by Crippen LogP contribution is 2.55. The average Bonchev–Trinajstić information content (AvgIpc) is 2.69. The summed E-state index contributed by atoms with van der Waals surface area (Å²) in [7, 11) is 0. The third-order valence-electron chi connectivity index (χ3n) is 6.84. The van der Waals surface area contributed by atoms with Gasteiger partial charge in [-0.2, -0.15) is 0 Å². The fourth-order valence-electron chi connectivity index (χ4n) is 6.16. The molecule has 6 heteroatoms. The lowest BCUT2D eigenvalue weighted by atomic mass is 9.53. The number of carbonyl (C=O) groups is 2. The van der Waals surface area contributed by atoms with Crippen LogP contribution in [-0.2, 0) is 4.79 Å². The molecule has 0 atom stereocenters. The first-order valence-corrected chi connectivity index (χ1v) is 10.6. The molecule has 4 bridgehead atoms. The van der Waals surface area contributed by atoms with Crippen LogP contribution in [0.15, 0.2) is 42.5 Å². The number of benzene rings is 2. The lowest BCUT2D eigenvalue weighted by Gasteiger charge is -2.56. The van der Waals surface area contributed by atoms with Gasteiger partial charge in [0.1, 0.15) is 5.75 Å². The number of carbonyl (C=O) groups excluding carboxylic acids is 2. The van der Waals surface area contributed by atoms with Crippen molar-refractivity contribution in [2.45, 2.75) is 44.1 Å². The number of rotatable bonds is 4. The van der Waals surface area contributed by atoms with Crippen LogP contribution in [0, 0.1) is 17.8 Å². The molecule has 6 rings (SSSR count). The van der Waals surface area contributed by atoms with E-state index in [2.05, 4.69) is 16.2 Å². The number of urea groups is 1. The first kappa shape index (κ1) is 18.3. The number of amides is 3. The van der Waals surface area contributed by atoms with Gasteiger partial charge in [0.15, 0.2) is 6.61 Å². The number of hydrogen-bond donors (Lipinski definition) is 3. The molecular weight excluding hydrogens is 366 g/mol. The number of nitrogens with one attached hydrogen (secondary N) is 3. The second kappa shape index (κ2) is 7.25.